The Morgan fingerprint density at radius 2 is 2.00 bits per heavy atom. The highest BCUT2D eigenvalue weighted by Gasteiger charge is 2.22. The molecule has 0 bridgehead atoms. The summed E-state index contributed by atoms with van der Waals surface area (Å²) in [7, 11) is 0. The summed E-state index contributed by atoms with van der Waals surface area (Å²) in [5.74, 6) is -1.13. The van der Waals surface area contributed by atoms with Gasteiger partial charge in [-0.05, 0) is 53.9 Å². The average molecular weight is 394 g/mol. The predicted octanol–water partition coefficient (Wildman–Crippen LogP) is 4.13. The van der Waals surface area contributed by atoms with Crippen LogP contribution in [0, 0.1) is 0 Å². The van der Waals surface area contributed by atoms with Gasteiger partial charge in [-0.3, -0.25) is 14.8 Å². The third-order valence-electron chi connectivity index (χ3n) is 4.44. The fourth-order valence-electron chi connectivity index (χ4n) is 3.07. The Balaban J connectivity index is 1.62. The molecule has 0 saturated heterocycles. The molecule has 6 nitrogen and oxygen atoms in total. The molecule has 2 N–H and O–H groups in total. The van der Waals surface area contributed by atoms with Crippen LogP contribution in [-0.2, 0) is 11.2 Å². The van der Waals surface area contributed by atoms with E-state index in [2.05, 4.69) is 15.3 Å². The zero-order valence-electron chi connectivity index (χ0n) is 14.7. The summed E-state index contributed by atoms with van der Waals surface area (Å²) in [6.45, 7) is 0. The molecule has 140 valence electrons. The number of nitrogens with zero attached hydrogens (tertiary/aromatic N) is 1. The first-order valence-corrected chi connectivity index (χ1v) is 9.04. The molecule has 7 heteroatoms. The number of hydrogen-bond donors (Lipinski definition) is 2. The predicted molar refractivity (Wildman–Crippen MR) is 108 cm³/mol. The number of aromatic amines is 1. The summed E-state index contributed by atoms with van der Waals surface area (Å²) in [6, 6.07) is 16.0. The Labute approximate surface area is 165 Å². The van der Waals surface area contributed by atoms with Crippen molar-refractivity contribution in [3.8, 4) is 0 Å². The molecule has 0 aliphatic heterocycles. The molecule has 0 aliphatic rings. The van der Waals surface area contributed by atoms with Gasteiger partial charge in [-0.1, -0.05) is 29.8 Å². The van der Waals surface area contributed by atoms with E-state index in [0.29, 0.717) is 28.2 Å². The van der Waals surface area contributed by atoms with Crippen LogP contribution in [0.15, 0.2) is 76.2 Å². The Hall–Kier alpha value is -3.38. The first kappa shape index (κ1) is 18.0. The van der Waals surface area contributed by atoms with Gasteiger partial charge in [0.25, 0.3) is 0 Å². The minimum Gasteiger partial charge on any atom is -0.408 e. The highest BCUT2D eigenvalue weighted by Crippen LogP contribution is 2.25. The lowest BCUT2D eigenvalue weighted by Crippen LogP contribution is -2.23. The number of pyridine rings is 1. The number of carbonyl (C=O) groups is 1. The van der Waals surface area contributed by atoms with Crippen LogP contribution in [0.5, 0.6) is 0 Å². The van der Waals surface area contributed by atoms with E-state index in [9.17, 15) is 9.59 Å². The largest absolute Gasteiger partial charge is 0.417 e. The van der Waals surface area contributed by atoms with Crippen LogP contribution in [0.2, 0.25) is 5.02 Å². The van der Waals surface area contributed by atoms with Gasteiger partial charge in [0.2, 0.25) is 5.91 Å². The monoisotopic (exact) mass is 393 g/mol. The van der Waals surface area contributed by atoms with Crippen LogP contribution in [0.4, 0.5) is 5.69 Å². The second kappa shape index (κ2) is 7.70. The van der Waals surface area contributed by atoms with Crippen molar-refractivity contribution in [1.82, 2.24) is 9.97 Å². The normalized spacial score (nSPS) is 12.0. The van der Waals surface area contributed by atoms with Gasteiger partial charge >= 0.3 is 5.76 Å². The van der Waals surface area contributed by atoms with Crippen LogP contribution in [0.1, 0.15) is 17.0 Å². The summed E-state index contributed by atoms with van der Waals surface area (Å²) in [6.07, 6.45) is 3.94. The highest BCUT2D eigenvalue weighted by atomic mass is 35.5. The van der Waals surface area contributed by atoms with E-state index >= 15 is 0 Å². The van der Waals surface area contributed by atoms with Crippen molar-refractivity contribution >= 4 is 34.3 Å². The molecule has 4 aromatic rings. The molecule has 0 radical (unpaired) electrons. The summed E-state index contributed by atoms with van der Waals surface area (Å²) in [4.78, 5) is 31.1. The van der Waals surface area contributed by atoms with Crippen molar-refractivity contribution < 1.29 is 9.21 Å². The molecular formula is C21H16ClN3O3. The SMILES string of the molecule is O=C(Nc1ccc2oc(=O)[nH]c2c1)C(Cc1cccnc1)c1ccc(Cl)cc1. The molecule has 0 fully saturated rings. The molecule has 4 rings (SSSR count). The Morgan fingerprint density at radius 3 is 2.75 bits per heavy atom. The van der Waals surface area contributed by atoms with E-state index in [1.54, 1.807) is 42.7 Å². The summed E-state index contributed by atoms with van der Waals surface area (Å²) >= 11 is 5.99. The number of aromatic nitrogens is 2. The van der Waals surface area contributed by atoms with Crippen molar-refractivity contribution in [2.24, 2.45) is 0 Å². The van der Waals surface area contributed by atoms with Crippen LogP contribution in [0.3, 0.4) is 0 Å². The van der Waals surface area contributed by atoms with Crippen LogP contribution in [0.25, 0.3) is 11.1 Å². The maximum atomic E-state index is 13.1. The van der Waals surface area contributed by atoms with Crippen molar-refractivity contribution in [3.63, 3.8) is 0 Å². The molecule has 0 spiro atoms. The highest BCUT2D eigenvalue weighted by molar-refractivity contribution is 6.30. The Bertz CT molecular complexity index is 1170. The van der Waals surface area contributed by atoms with Gasteiger partial charge in [0.1, 0.15) is 0 Å². The van der Waals surface area contributed by atoms with Crippen LogP contribution < -0.4 is 11.1 Å². The van der Waals surface area contributed by atoms with Gasteiger partial charge < -0.3 is 9.73 Å². The number of rotatable bonds is 5. The topological polar surface area (TPSA) is 88.0 Å². The number of carbonyl (C=O) groups excluding carboxylic acids is 1. The molecule has 1 amide bonds. The lowest BCUT2D eigenvalue weighted by molar-refractivity contribution is -0.117. The summed E-state index contributed by atoms with van der Waals surface area (Å²) in [5.41, 5.74) is 3.33. The van der Waals surface area contributed by atoms with Gasteiger partial charge in [0.15, 0.2) is 5.58 Å². The zero-order chi connectivity index (χ0) is 19.5. The number of benzene rings is 2. The molecular weight excluding hydrogens is 378 g/mol. The minimum absolute atomic E-state index is 0.170. The number of hydrogen-bond acceptors (Lipinski definition) is 4. The maximum absolute atomic E-state index is 13.1. The van der Waals surface area contributed by atoms with Gasteiger partial charge in [0, 0.05) is 23.1 Å². The van der Waals surface area contributed by atoms with E-state index in [0.717, 1.165) is 11.1 Å². The van der Waals surface area contributed by atoms with E-state index < -0.39 is 11.7 Å². The van der Waals surface area contributed by atoms with Gasteiger partial charge in [-0.25, -0.2) is 4.79 Å². The third kappa shape index (κ3) is 3.97. The molecule has 1 atom stereocenters. The fourth-order valence-corrected chi connectivity index (χ4v) is 3.20. The van der Waals surface area contributed by atoms with Crippen molar-refractivity contribution in [2.45, 2.75) is 12.3 Å². The van der Waals surface area contributed by atoms with Gasteiger partial charge in [-0.2, -0.15) is 0 Å². The quantitative estimate of drug-likeness (QED) is 0.533. The molecule has 2 heterocycles. The molecule has 1 unspecified atom stereocenters. The lowest BCUT2D eigenvalue weighted by atomic mass is 9.91. The number of halogens is 1. The van der Waals surface area contributed by atoms with Gasteiger partial charge in [0.05, 0.1) is 11.4 Å². The zero-order valence-corrected chi connectivity index (χ0v) is 15.4. The molecule has 2 aromatic heterocycles. The second-order valence-electron chi connectivity index (χ2n) is 6.38. The molecule has 2 aromatic carbocycles. The number of anilines is 1. The van der Waals surface area contributed by atoms with E-state index in [1.807, 2.05) is 24.3 Å². The average Bonchev–Trinajstić information content (AvgIpc) is 3.07. The van der Waals surface area contributed by atoms with Crippen LogP contribution in [-0.4, -0.2) is 15.9 Å². The summed E-state index contributed by atoms with van der Waals surface area (Å²) in [5, 5.41) is 3.53. The molecule has 0 saturated carbocycles. The van der Waals surface area contributed by atoms with E-state index in [-0.39, 0.29) is 5.91 Å². The maximum Gasteiger partial charge on any atom is 0.417 e. The lowest BCUT2D eigenvalue weighted by Gasteiger charge is -2.17. The number of oxazole rings is 1. The van der Waals surface area contributed by atoms with Crippen molar-refractivity contribution in [2.75, 3.05) is 5.32 Å². The fraction of sp³-hybridized carbons (Fsp3) is 0.0952. The van der Waals surface area contributed by atoms with Crippen LogP contribution >= 0.6 is 11.6 Å². The third-order valence-corrected chi connectivity index (χ3v) is 4.69. The van der Waals surface area contributed by atoms with Gasteiger partial charge in [-0.15, -0.1) is 0 Å². The standard InChI is InChI=1S/C21H16ClN3O3/c22-15-5-3-14(4-6-15)17(10-13-2-1-9-23-12-13)20(26)24-16-7-8-19-18(11-16)25-21(27)28-19/h1-9,11-12,17H,10H2,(H,24,26)(H,25,27). The molecule has 0 aliphatic carbocycles. The van der Waals surface area contributed by atoms with E-state index in [4.69, 9.17) is 16.0 Å². The Kier molecular flexibility index (Phi) is 4.95. The second-order valence-corrected chi connectivity index (χ2v) is 6.82. The Morgan fingerprint density at radius 1 is 1.18 bits per heavy atom. The first-order chi connectivity index (χ1) is 13.6. The number of H-pyrrole nitrogens is 1. The van der Waals surface area contributed by atoms with Crippen molar-refractivity contribution in [3.05, 3.63) is 93.7 Å². The molecule has 28 heavy (non-hydrogen) atoms. The van der Waals surface area contributed by atoms with E-state index in [1.165, 1.54) is 0 Å². The first-order valence-electron chi connectivity index (χ1n) is 8.66. The summed E-state index contributed by atoms with van der Waals surface area (Å²) < 4.78 is 4.99. The number of amides is 1. The minimum atomic E-state index is -0.533. The van der Waals surface area contributed by atoms with Crippen molar-refractivity contribution in [1.29, 1.82) is 0 Å². The smallest absolute Gasteiger partial charge is 0.408 e. The number of nitrogens with one attached hydrogen (secondary N) is 2. The number of fused-ring (bicyclic) bond motifs is 1.